The third kappa shape index (κ3) is 6.96. The van der Waals surface area contributed by atoms with Gasteiger partial charge in [0.15, 0.2) is 0 Å². The topological polar surface area (TPSA) is 47.6 Å². The molecule has 0 unspecified atom stereocenters. The summed E-state index contributed by atoms with van der Waals surface area (Å²) in [6, 6.07) is 24.7. The minimum Gasteiger partial charge on any atom is -0.494 e. The molecule has 0 aromatic heterocycles. The van der Waals surface area contributed by atoms with Gasteiger partial charge in [-0.25, -0.2) is 0 Å². The number of ether oxygens (including phenoxy) is 2. The van der Waals surface area contributed by atoms with Crippen molar-refractivity contribution in [2.24, 2.45) is 0 Å². The summed E-state index contributed by atoms with van der Waals surface area (Å²) < 4.78 is 11.5. The van der Waals surface area contributed by atoms with E-state index < -0.39 is 0 Å². The van der Waals surface area contributed by atoms with Gasteiger partial charge in [0.05, 0.1) is 6.61 Å². The highest BCUT2D eigenvalue weighted by Crippen LogP contribution is 2.19. The summed E-state index contributed by atoms with van der Waals surface area (Å²) in [4.78, 5) is 12.5. The van der Waals surface area contributed by atoms with Gasteiger partial charge in [-0.15, -0.1) is 0 Å². The summed E-state index contributed by atoms with van der Waals surface area (Å²) in [5.41, 5.74) is 2.43. The molecule has 1 N–H and O–H groups in total. The van der Waals surface area contributed by atoms with Crippen molar-refractivity contribution in [3.05, 3.63) is 90.0 Å². The number of hydrogen-bond donors (Lipinski definition) is 1. The minimum atomic E-state index is -0.151. The highest BCUT2D eigenvalue weighted by atomic mass is 16.5. The van der Waals surface area contributed by atoms with Crippen LogP contribution in [0.5, 0.6) is 11.5 Å². The number of nitrogens with one attached hydrogen (secondary N) is 1. The van der Waals surface area contributed by atoms with Gasteiger partial charge < -0.3 is 14.8 Å². The number of amides is 1. The highest BCUT2D eigenvalue weighted by Gasteiger charge is 2.07. The van der Waals surface area contributed by atoms with Gasteiger partial charge >= 0.3 is 0 Å². The molecule has 30 heavy (non-hydrogen) atoms. The second kappa shape index (κ2) is 11.7. The van der Waals surface area contributed by atoms with Crippen LogP contribution in [-0.4, -0.2) is 12.5 Å². The first-order valence-electron chi connectivity index (χ1n) is 10.6. The summed E-state index contributed by atoms with van der Waals surface area (Å²) in [6.07, 6.45) is 4.70. The van der Waals surface area contributed by atoms with Crippen LogP contribution in [0.4, 0.5) is 5.69 Å². The monoisotopic (exact) mass is 403 g/mol. The van der Waals surface area contributed by atoms with Gasteiger partial charge in [-0.3, -0.25) is 4.79 Å². The van der Waals surface area contributed by atoms with E-state index in [1.165, 1.54) is 19.3 Å². The van der Waals surface area contributed by atoms with Crippen LogP contribution in [0, 0.1) is 0 Å². The van der Waals surface area contributed by atoms with Crippen molar-refractivity contribution in [1.29, 1.82) is 0 Å². The van der Waals surface area contributed by atoms with Crippen molar-refractivity contribution in [3.63, 3.8) is 0 Å². The molecular formula is C26H29NO3. The molecule has 4 heteroatoms. The van der Waals surface area contributed by atoms with E-state index in [-0.39, 0.29) is 5.91 Å². The lowest BCUT2D eigenvalue weighted by molar-refractivity contribution is 0.102. The lowest BCUT2D eigenvalue weighted by Gasteiger charge is -2.09. The Hall–Kier alpha value is -3.27. The van der Waals surface area contributed by atoms with Gasteiger partial charge in [0.25, 0.3) is 5.91 Å². The average Bonchev–Trinajstić information content (AvgIpc) is 2.79. The van der Waals surface area contributed by atoms with Gasteiger partial charge in [0, 0.05) is 11.3 Å². The van der Waals surface area contributed by atoms with E-state index in [1.54, 1.807) is 12.1 Å². The Morgan fingerprint density at radius 2 is 1.43 bits per heavy atom. The lowest BCUT2D eigenvalue weighted by Crippen LogP contribution is -2.11. The molecule has 0 aliphatic carbocycles. The Balaban J connectivity index is 1.45. The van der Waals surface area contributed by atoms with Crippen LogP contribution < -0.4 is 14.8 Å². The first kappa shape index (κ1) is 21.4. The Bertz CT molecular complexity index is 890. The van der Waals surface area contributed by atoms with E-state index in [9.17, 15) is 4.79 Å². The van der Waals surface area contributed by atoms with Crippen LogP contribution in [-0.2, 0) is 6.61 Å². The van der Waals surface area contributed by atoms with Gasteiger partial charge in [0.1, 0.15) is 18.1 Å². The summed E-state index contributed by atoms with van der Waals surface area (Å²) in [5, 5.41) is 2.91. The molecule has 0 atom stereocenters. The Labute approximate surface area is 178 Å². The molecule has 3 aromatic rings. The van der Waals surface area contributed by atoms with E-state index in [1.807, 2.05) is 66.7 Å². The number of benzene rings is 3. The van der Waals surface area contributed by atoms with Crippen LogP contribution in [0.15, 0.2) is 78.9 Å². The van der Waals surface area contributed by atoms with Crippen molar-refractivity contribution >= 4 is 11.6 Å². The number of carbonyl (C=O) groups is 1. The van der Waals surface area contributed by atoms with E-state index in [4.69, 9.17) is 9.47 Å². The van der Waals surface area contributed by atoms with E-state index in [0.29, 0.717) is 18.8 Å². The fourth-order valence-electron chi connectivity index (χ4n) is 3.00. The molecule has 0 saturated carbocycles. The number of hydrogen-bond acceptors (Lipinski definition) is 3. The maximum atomic E-state index is 12.5. The SMILES string of the molecule is CCCCCCOc1ccc(C(=O)Nc2ccc(OCc3ccccc3)cc2)cc1. The fraction of sp³-hybridized carbons (Fsp3) is 0.269. The predicted octanol–water partition coefficient (Wildman–Crippen LogP) is 6.48. The molecule has 0 aliphatic rings. The van der Waals surface area contributed by atoms with E-state index in [2.05, 4.69) is 12.2 Å². The molecule has 0 saturated heterocycles. The number of rotatable bonds is 11. The second-order valence-corrected chi connectivity index (χ2v) is 7.19. The first-order chi connectivity index (χ1) is 14.7. The highest BCUT2D eigenvalue weighted by molar-refractivity contribution is 6.04. The van der Waals surface area contributed by atoms with E-state index in [0.717, 1.165) is 29.2 Å². The largest absolute Gasteiger partial charge is 0.494 e. The zero-order chi connectivity index (χ0) is 21.0. The van der Waals surface area contributed by atoms with E-state index >= 15 is 0 Å². The molecule has 0 heterocycles. The Morgan fingerprint density at radius 1 is 0.767 bits per heavy atom. The van der Waals surface area contributed by atoms with Crippen molar-refractivity contribution in [2.75, 3.05) is 11.9 Å². The van der Waals surface area contributed by atoms with Gasteiger partial charge in [0.2, 0.25) is 0 Å². The molecular weight excluding hydrogens is 374 g/mol. The van der Waals surface area contributed by atoms with Gasteiger partial charge in [-0.05, 0) is 60.5 Å². The van der Waals surface area contributed by atoms with Crippen LogP contribution in [0.25, 0.3) is 0 Å². The molecule has 3 rings (SSSR count). The van der Waals surface area contributed by atoms with Crippen LogP contribution >= 0.6 is 0 Å². The fourth-order valence-corrected chi connectivity index (χ4v) is 3.00. The van der Waals surface area contributed by atoms with Crippen molar-refractivity contribution < 1.29 is 14.3 Å². The normalized spacial score (nSPS) is 10.4. The second-order valence-electron chi connectivity index (χ2n) is 7.19. The number of carbonyl (C=O) groups excluding carboxylic acids is 1. The van der Waals surface area contributed by atoms with Crippen LogP contribution in [0.3, 0.4) is 0 Å². The molecule has 0 fully saturated rings. The molecule has 3 aromatic carbocycles. The van der Waals surface area contributed by atoms with Gasteiger partial charge in [-0.1, -0.05) is 56.5 Å². The molecule has 156 valence electrons. The van der Waals surface area contributed by atoms with Gasteiger partial charge in [-0.2, -0.15) is 0 Å². The quantitative estimate of drug-likeness (QED) is 0.373. The minimum absolute atomic E-state index is 0.151. The molecule has 0 spiro atoms. The van der Waals surface area contributed by atoms with Crippen molar-refractivity contribution in [2.45, 2.75) is 39.2 Å². The zero-order valence-electron chi connectivity index (χ0n) is 17.5. The molecule has 1 amide bonds. The molecule has 0 bridgehead atoms. The Morgan fingerprint density at radius 3 is 2.13 bits per heavy atom. The standard InChI is InChI=1S/C26H29NO3/c1-2-3-4-8-19-29-24-15-11-22(12-16-24)26(28)27-23-13-17-25(18-14-23)30-20-21-9-6-5-7-10-21/h5-7,9-18H,2-4,8,19-20H2,1H3,(H,27,28). The maximum Gasteiger partial charge on any atom is 0.255 e. The Kier molecular flexibility index (Phi) is 8.34. The lowest BCUT2D eigenvalue weighted by atomic mass is 10.2. The zero-order valence-corrected chi connectivity index (χ0v) is 17.5. The average molecular weight is 404 g/mol. The third-order valence-corrected chi connectivity index (χ3v) is 4.74. The number of unbranched alkanes of at least 4 members (excludes halogenated alkanes) is 3. The molecule has 4 nitrogen and oxygen atoms in total. The van der Waals surface area contributed by atoms with Crippen LogP contribution in [0.1, 0.15) is 48.5 Å². The summed E-state index contributed by atoms with van der Waals surface area (Å²) >= 11 is 0. The maximum absolute atomic E-state index is 12.5. The van der Waals surface area contributed by atoms with Crippen molar-refractivity contribution in [3.8, 4) is 11.5 Å². The summed E-state index contributed by atoms with van der Waals surface area (Å²) in [5.74, 6) is 1.41. The first-order valence-corrected chi connectivity index (χ1v) is 10.6. The molecule has 0 aliphatic heterocycles. The third-order valence-electron chi connectivity index (χ3n) is 4.74. The molecule has 0 radical (unpaired) electrons. The summed E-state index contributed by atoms with van der Waals surface area (Å²) in [6.45, 7) is 3.42. The smallest absolute Gasteiger partial charge is 0.255 e. The van der Waals surface area contributed by atoms with Crippen molar-refractivity contribution in [1.82, 2.24) is 0 Å². The predicted molar refractivity (Wildman–Crippen MR) is 121 cm³/mol. The summed E-state index contributed by atoms with van der Waals surface area (Å²) in [7, 11) is 0. The number of anilines is 1. The van der Waals surface area contributed by atoms with Crippen LogP contribution in [0.2, 0.25) is 0 Å².